The van der Waals surface area contributed by atoms with E-state index >= 15 is 0 Å². The molecule has 0 aliphatic rings. The predicted molar refractivity (Wildman–Crippen MR) is 89.3 cm³/mol. The van der Waals surface area contributed by atoms with Gasteiger partial charge in [-0.05, 0) is 52.0 Å². The van der Waals surface area contributed by atoms with Gasteiger partial charge in [-0.15, -0.1) is 0 Å². The molecule has 1 amide bonds. The fourth-order valence-electron chi connectivity index (χ4n) is 2.02. The summed E-state index contributed by atoms with van der Waals surface area (Å²) in [5, 5.41) is 2.96. The molecule has 0 radical (unpaired) electrons. The first-order valence-electron chi connectivity index (χ1n) is 6.82. The average molecular weight is 347 g/mol. The molecule has 2 rings (SSSR count). The van der Waals surface area contributed by atoms with E-state index in [1.54, 1.807) is 0 Å². The Kier molecular flexibility index (Phi) is 4.47. The lowest BCUT2D eigenvalue weighted by Gasteiger charge is -2.21. The molecule has 110 valence electrons. The number of halogens is 1. The normalized spacial score (nSPS) is 11.3. The number of pyridine rings is 1. The number of amides is 1. The average Bonchev–Trinajstić information content (AvgIpc) is 2.36. The summed E-state index contributed by atoms with van der Waals surface area (Å²) < 4.78 is 1.01. The van der Waals surface area contributed by atoms with Gasteiger partial charge in [-0.25, -0.2) is 0 Å². The Bertz CT molecular complexity index is 675. The van der Waals surface area contributed by atoms with Crippen LogP contribution >= 0.6 is 15.9 Å². The number of aryl methyl sites for hydroxylation is 1. The number of nitrogens with zero attached hydrogens (tertiary/aromatic N) is 1. The second-order valence-corrected chi connectivity index (χ2v) is 6.96. The fourth-order valence-corrected chi connectivity index (χ4v) is 2.42. The molecule has 0 saturated heterocycles. The number of hydrogen-bond donors (Lipinski definition) is 1. The molecule has 2 aromatic rings. The Labute approximate surface area is 133 Å². The first-order chi connectivity index (χ1) is 9.76. The maximum absolute atomic E-state index is 12.2. The van der Waals surface area contributed by atoms with Crippen LogP contribution in [0, 0.1) is 6.92 Å². The third-order valence-corrected chi connectivity index (χ3v) is 3.43. The zero-order chi connectivity index (χ0) is 15.6. The smallest absolute Gasteiger partial charge is 0.253 e. The fraction of sp³-hybridized carbons (Fsp3) is 0.294. The van der Waals surface area contributed by atoms with Crippen molar-refractivity contribution < 1.29 is 4.79 Å². The number of rotatable bonds is 2. The van der Waals surface area contributed by atoms with Crippen LogP contribution < -0.4 is 5.32 Å². The molecule has 1 heterocycles. The van der Waals surface area contributed by atoms with Gasteiger partial charge in [0.1, 0.15) is 0 Å². The van der Waals surface area contributed by atoms with Gasteiger partial charge in [-0.3, -0.25) is 9.78 Å². The number of carbonyl (C=O) groups is 1. The summed E-state index contributed by atoms with van der Waals surface area (Å²) in [5.41, 5.74) is 2.97. The van der Waals surface area contributed by atoms with Crippen molar-refractivity contribution in [1.82, 2.24) is 10.3 Å². The van der Waals surface area contributed by atoms with Crippen LogP contribution in [0.1, 0.15) is 36.8 Å². The standard InChI is InChI=1S/C17H19BrN2O/c1-11-14(16(21)20-17(2,3)4)8-9-15(19-11)12-6-5-7-13(18)10-12/h5-10H,1-4H3,(H,20,21). The largest absolute Gasteiger partial charge is 0.347 e. The van der Waals surface area contributed by atoms with Crippen molar-refractivity contribution in [2.45, 2.75) is 33.2 Å². The third-order valence-electron chi connectivity index (χ3n) is 2.94. The quantitative estimate of drug-likeness (QED) is 0.878. The lowest BCUT2D eigenvalue weighted by molar-refractivity contribution is 0.0918. The van der Waals surface area contributed by atoms with Crippen LogP contribution in [0.25, 0.3) is 11.3 Å². The van der Waals surface area contributed by atoms with E-state index in [1.165, 1.54) is 0 Å². The number of nitrogens with one attached hydrogen (secondary N) is 1. The molecule has 21 heavy (non-hydrogen) atoms. The molecular weight excluding hydrogens is 328 g/mol. The molecule has 0 spiro atoms. The summed E-state index contributed by atoms with van der Waals surface area (Å²) in [4.78, 5) is 16.8. The highest BCUT2D eigenvalue weighted by Crippen LogP contribution is 2.22. The van der Waals surface area contributed by atoms with Gasteiger partial charge in [0.05, 0.1) is 17.0 Å². The minimum atomic E-state index is -0.257. The van der Waals surface area contributed by atoms with E-state index in [-0.39, 0.29) is 11.4 Å². The monoisotopic (exact) mass is 346 g/mol. The van der Waals surface area contributed by atoms with E-state index in [0.717, 1.165) is 21.4 Å². The van der Waals surface area contributed by atoms with Crippen LogP contribution in [0.4, 0.5) is 0 Å². The summed E-state index contributed by atoms with van der Waals surface area (Å²) in [6, 6.07) is 11.7. The van der Waals surface area contributed by atoms with Crippen LogP contribution in [0.15, 0.2) is 40.9 Å². The zero-order valence-electron chi connectivity index (χ0n) is 12.7. The van der Waals surface area contributed by atoms with Gasteiger partial charge in [-0.2, -0.15) is 0 Å². The summed E-state index contributed by atoms with van der Waals surface area (Å²) in [6.45, 7) is 7.75. The van der Waals surface area contributed by atoms with Crippen molar-refractivity contribution in [2.24, 2.45) is 0 Å². The van der Waals surface area contributed by atoms with Gasteiger partial charge < -0.3 is 5.32 Å². The van der Waals surface area contributed by atoms with Gasteiger partial charge >= 0.3 is 0 Å². The summed E-state index contributed by atoms with van der Waals surface area (Å²) in [7, 11) is 0. The lowest BCUT2D eigenvalue weighted by Crippen LogP contribution is -2.40. The van der Waals surface area contributed by atoms with E-state index in [1.807, 2.05) is 64.1 Å². The van der Waals surface area contributed by atoms with Gasteiger partial charge in [0.2, 0.25) is 0 Å². The van der Waals surface area contributed by atoms with E-state index in [2.05, 4.69) is 26.2 Å². The van der Waals surface area contributed by atoms with E-state index in [4.69, 9.17) is 0 Å². The molecule has 0 atom stereocenters. The van der Waals surface area contributed by atoms with E-state index in [9.17, 15) is 4.79 Å². The Morgan fingerprint density at radius 2 is 1.90 bits per heavy atom. The number of benzene rings is 1. The Morgan fingerprint density at radius 1 is 1.19 bits per heavy atom. The minimum absolute atomic E-state index is 0.0895. The first-order valence-corrected chi connectivity index (χ1v) is 7.62. The van der Waals surface area contributed by atoms with Crippen molar-refractivity contribution >= 4 is 21.8 Å². The van der Waals surface area contributed by atoms with Gasteiger partial charge in [0, 0.05) is 15.6 Å². The van der Waals surface area contributed by atoms with Crippen molar-refractivity contribution in [3.8, 4) is 11.3 Å². The Morgan fingerprint density at radius 3 is 2.48 bits per heavy atom. The number of carbonyl (C=O) groups excluding carboxylic acids is 1. The molecular formula is C17H19BrN2O. The van der Waals surface area contributed by atoms with Crippen molar-refractivity contribution in [3.05, 3.63) is 52.1 Å². The maximum atomic E-state index is 12.2. The molecule has 0 unspecified atom stereocenters. The second kappa shape index (κ2) is 5.98. The van der Waals surface area contributed by atoms with Crippen molar-refractivity contribution in [3.63, 3.8) is 0 Å². The Balaban J connectivity index is 2.32. The van der Waals surface area contributed by atoms with Crippen LogP contribution in [0.3, 0.4) is 0 Å². The number of aromatic nitrogens is 1. The van der Waals surface area contributed by atoms with Crippen molar-refractivity contribution in [2.75, 3.05) is 0 Å². The molecule has 3 nitrogen and oxygen atoms in total. The first kappa shape index (κ1) is 15.7. The van der Waals surface area contributed by atoms with Crippen LogP contribution in [0.2, 0.25) is 0 Å². The molecule has 4 heteroatoms. The van der Waals surface area contributed by atoms with E-state index in [0.29, 0.717) is 5.56 Å². The minimum Gasteiger partial charge on any atom is -0.347 e. The van der Waals surface area contributed by atoms with Crippen molar-refractivity contribution in [1.29, 1.82) is 0 Å². The summed E-state index contributed by atoms with van der Waals surface area (Å²) >= 11 is 3.46. The second-order valence-electron chi connectivity index (χ2n) is 6.04. The summed E-state index contributed by atoms with van der Waals surface area (Å²) in [6.07, 6.45) is 0. The molecule has 1 N–H and O–H groups in total. The van der Waals surface area contributed by atoms with Gasteiger partial charge in [0.25, 0.3) is 5.91 Å². The van der Waals surface area contributed by atoms with Gasteiger partial charge in [-0.1, -0.05) is 28.1 Å². The highest BCUT2D eigenvalue weighted by Gasteiger charge is 2.17. The molecule has 0 bridgehead atoms. The molecule has 0 aliphatic heterocycles. The topological polar surface area (TPSA) is 42.0 Å². The highest BCUT2D eigenvalue weighted by atomic mass is 79.9. The number of hydrogen-bond acceptors (Lipinski definition) is 2. The molecule has 0 aliphatic carbocycles. The highest BCUT2D eigenvalue weighted by molar-refractivity contribution is 9.10. The van der Waals surface area contributed by atoms with Crippen LogP contribution in [-0.4, -0.2) is 16.4 Å². The van der Waals surface area contributed by atoms with Crippen LogP contribution in [0.5, 0.6) is 0 Å². The molecule has 0 fully saturated rings. The molecule has 1 aromatic carbocycles. The Hall–Kier alpha value is -1.68. The summed E-state index contributed by atoms with van der Waals surface area (Å²) in [5.74, 6) is -0.0895. The SMILES string of the molecule is Cc1nc(-c2cccc(Br)c2)ccc1C(=O)NC(C)(C)C. The van der Waals surface area contributed by atoms with Gasteiger partial charge in [0.15, 0.2) is 0 Å². The predicted octanol–water partition coefficient (Wildman–Crippen LogP) is 4.35. The lowest BCUT2D eigenvalue weighted by atomic mass is 10.1. The molecule has 1 aromatic heterocycles. The third kappa shape index (κ3) is 4.14. The maximum Gasteiger partial charge on any atom is 0.253 e. The zero-order valence-corrected chi connectivity index (χ0v) is 14.3. The molecule has 0 saturated carbocycles. The van der Waals surface area contributed by atoms with Crippen LogP contribution in [-0.2, 0) is 0 Å². The van der Waals surface area contributed by atoms with E-state index < -0.39 is 0 Å².